The number of fused-ring (bicyclic) bond motifs is 1. The number of nitrogens with one attached hydrogen (secondary N) is 1. The highest BCUT2D eigenvalue weighted by Crippen LogP contribution is 2.34. The minimum absolute atomic E-state index is 0. The van der Waals surface area contributed by atoms with Crippen molar-refractivity contribution in [1.29, 1.82) is 0 Å². The number of anilines is 1. The maximum absolute atomic E-state index is 12.8. The summed E-state index contributed by atoms with van der Waals surface area (Å²) in [5, 5.41) is 3.25. The van der Waals surface area contributed by atoms with Crippen LogP contribution in [-0.2, 0) is 21.2 Å². The molecule has 1 fully saturated rings. The molecule has 0 aliphatic carbocycles. The minimum Gasteiger partial charge on any atom is -0.312 e. The van der Waals surface area contributed by atoms with E-state index in [4.69, 9.17) is 0 Å². The van der Waals surface area contributed by atoms with Crippen LogP contribution in [0.25, 0.3) is 0 Å². The Balaban J connectivity index is 0.00000208. The Morgan fingerprint density at radius 2 is 2.00 bits per heavy atom. The van der Waals surface area contributed by atoms with E-state index in [9.17, 15) is 13.2 Å². The van der Waals surface area contributed by atoms with E-state index in [0.29, 0.717) is 31.0 Å². The number of hydrogen-bond donors (Lipinski definition) is 1. The van der Waals surface area contributed by atoms with Crippen LogP contribution in [0.3, 0.4) is 0 Å². The molecule has 8 heteroatoms. The zero-order valence-electron chi connectivity index (χ0n) is 14.2. The number of piperazine rings is 1. The van der Waals surface area contributed by atoms with E-state index in [2.05, 4.69) is 5.32 Å². The lowest BCUT2D eigenvalue weighted by molar-refractivity contribution is -0.116. The summed E-state index contributed by atoms with van der Waals surface area (Å²) in [5.41, 5.74) is 1.76. The van der Waals surface area contributed by atoms with Gasteiger partial charge in [-0.2, -0.15) is 4.31 Å². The van der Waals surface area contributed by atoms with Crippen LogP contribution < -0.4 is 10.2 Å². The van der Waals surface area contributed by atoms with Gasteiger partial charge in [-0.3, -0.25) is 4.79 Å². The molecule has 2 atom stereocenters. The van der Waals surface area contributed by atoms with Crippen LogP contribution in [0.15, 0.2) is 23.1 Å². The zero-order valence-corrected chi connectivity index (χ0v) is 15.8. The summed E-state index contributed by atoms with van der Waals surface area (Å²) in [5.74, 6) is -0.0113. The molecule has 3 rings (SSSR count). The first-order chi connectivity index (χ1) is 10.8. The fraction of sp³-hybridized carbons (Fsp3) is 0.562. The predicted octanol–water partition coefficient (Wildman–Crippen LogP) is 1.39. The molecule has 0 aromatic heterocycles. The Hall–Kier alpha value is -1.15. The van der Waals surface area contributed by atoms with E-state index in [1.807, 2.05) is 13.8 Å². The largest absolute Gasteiger partial charge is 0.312 e. The predicted molar refractivity (Wildman–Crippen MR) is 96.2 cm³/mol. The second kappa shape index (κ2) is 7.00. The van der Waals surface area contributed by atoms with Crippen molar-refractivity contribution in [3.8, 4) is 0 Å². The van der Waals surface area contributed by atoms with Crippen molar-refractivity contribution < 1.29 is 13.2 Å². The molecule has 2 aliphatic heterocycles. The van der Waals surface area contributed by atoms with Gasteiger partial charge in [0.05, 0.1) is 4.90 Å². The molecule has 1 N–H and O–H groups in total. The summed E-state index contributed by atoms with van der Waals surface area (Å²) in [4.78, 5) is 13.8. The van der Waals surface area contributed by atoms with Gasteiger partial charge in [-0.05, 0) is 44.0 Å². The first kappa shape index (κ1) is 19.2. The minimum atomic E-state index is -3.48. The SMILES string of the molecule is CC(=O)N1c2ccc(S(=O)(=O)N3CCNC(C)C3)cc2CC1C.Cl. The number of carbonyl (C=O) groups excluding carboxylic acids is 1. The summed E-state index contributed by atoms with van der Waals surface area (Å²) < 4.78 is 27.2. The second-order valence-electron chi connectivity index (χ2n) is 6.45. The van der Waals surface area contributed by atoms with Crippen LogP contribution in [0, 0.1) is 0 Å². The van der Waals surface area contributed by atoms with Gasteiger partial charge in [0.25, 0.3) is 0 Å². The Bertz CT molecular complexity index is 738. The van der Waals surface area contributed by atoms with Crippen LogP contribution in [0.4, 0.5) is 5.69 Å². The summed E-state index contributed by atoms with van der Waals surface area (Å²) in [6, 6.07) is 5.34. The number of carbonyl (C=O) groups is 1. The first-order valence-corrected chi connectivity index (χ1v) is 9.41. The number of amides is 1. The second-order valence-corrected chi connectivity index (χ2v) is 8.39. The highest BCUT2D eigenvalue weighted by Gasteiger charge is 2.33. The topological polar surface area (TPSA) is 69.7 Å². The molecule has 1 aromatic rings. The molecule has 0 spiro atoms. The van der Waals surface area contributed by atoms with Crippen molar-refractivity contribution in [2.75, 3.05) is 24.5 Å². The lowest BCUT2D eigenvalue weighted by Crippen LogP contribution is -2.51. The van der Waals surface area contributed by atoms with Gasteiger partial charge in [0, 0.05) is 44.3 Å². The van der Waals surface area contributed by atoms with Crippen molar-refractivity contribution in [3.63, 3.8) is 0 Å². The summed E-state index contributed by atoms with van der Waals surface area (Å²) in [7, 11) is -3.48. The van der Waals surface area contributed by atoms with E-state index >= 15 is 0 Å². The molecule has 2 heterocycles. The summed E-state index contributed by atoms with van der Waals surface area (Å²) >= 11 is 0. The number of nitrogens with zero attached hydrogens (tertiary/aromatic N) is 2. The van der Waals surface area contributed by atoms with E-state index in [1.165, 1.54) is 4.31 Å². The van der Waals surface area contributed by atoms with Gasteiger partial charge in [0.1, 0.15) is 0 Å². The normalized spacial score (nSPS) is 24.4. The van der Waals surface area contributed by atoms with E-state index in [1.54, 1.807) is 30.0 Å². The molecule has 134 valence electrons. The molecular weight excluding hydrogens is 350 g/mol. The van der Waals surface area contributed by atoms with Crippen LogP contribution in [0.5, 0.6) is 0 Å². The quantitative estimate of drug-likeness (QED) is 0.850. The molecule has 24 heavy (non-hydrogen) atoms. The molecule has 6 nitrogen and oxygen atoms in total. The van der Waals surface area contributed by atoms with Crippen molar-refractivity contribution in [2.24, 2.45) is 0 Å². The van der Waals surface area contributed by atoms with Crippen LogP contribution in [0.1, 0.15) is 26.3 Å². The maximum Gasteiger partial charge on any atom is 0.243 e. The summed E-state index contributed by atoms with van der Waals surface area (Å²) in [6.45, 7) is 7.14. The first-order valence-electron chi connectivity index (χ1n) is 7.97. The number of sulfonamides is 1. The lowest BCUT2D eigenvalue weighted by Gasteiger charge is -2.31. The molecular formula is C16H24ClN3O3S. The van der Waals surface area contributed by atoms with Crippen molar-refractivity contribution in [1.82, 2.24) is 9.62 Å². The van der Waals surface area contributed by atoms with Gasteiger partial charge in [-0.15, -0.1) is 12.4 Å². The van der Waals surface area contributed by atoms with Gasteiger partial charge in [0.15, 0.2) is 0 Å². The third kappa shape index (κ3) is 3.31. The van der Waals surface area contributed by atoms with E-state index in [0.717, 1.165) is 11.3 Å². The highest BCUT2D eigenvalue weighted by molar-refractivity contribution is 7.89. The third-order valence-corrected chi connectivity index (χ3v) is 6.44. The molecule has 2 aliphatic rings. The molecule has 1 amide bonds. The molecule has 1 saturated heterocycles. The Morgan fingerprint density at radius 1 is 1.29 bits per heavy atom. The standard InChI is InChI=1S/C16H23N3O3S.ClH/c1-11-10-18(7-6-17-11)23(21,22)15-4-5-16-14(9-15)8-12(2)19(16)13(3)20;/h4-5,9,11-12,17H,6-8,10H2,1-3H3;1H. The maximum atomic E-state index is 12.8. The average Bonchev–Trinajstić information content (AvgIpc) is 2.82. The van der Waals surface area contributed by atoms with Gasteiger partial charge in [-0.1, -0.05) is 0 Å². The molecule has 0 bridgehead atoms. The van der Waals surface area contributed by atoms with Crippen molar-refractivity contribution in [3.05, 3.63) is 23.8 Å². The van der Waals surface area contributed by atoms with Crippen molar-refractivity contribution in [2.45, 2.75) is 44.2 Å². The van der Waals surface area contributed by atoms with Gasteiger partial charge >= 0.3 is 0 Å². The van der Waals surface area contributed by atoms with Gasteiger partial charge in [0.2, 0.25) is 15.9 Å². The Labute approximate surface area is 149 Å². The third-order valence-electron chi connectivity index (χ3n) is 4.58. The molecule has 1 aromatic carbocycles. The van der Waals surface area contributed by atoms with Crippen LogP contribution in [0.2, 0.25) is 0 Å². The Morgan fingerprint density at radius 3 is 2.62 bits per heavy atom. The van der Waals surface area contributed by atoms with E-state index in [-0.39, 0.29) is 30.4 Å². The van der Waals surface area contributed by atoms with E-state index < -0.39 is 10.0 Å². The molecule has 0 saturated carbocycles. The van der Waals surface area contributed by atoms with Crippen LogP contribution >= 0.6 is 12.4 Å². The molecule has 0 radical (unpaired) electrons. The number of benzene rings is 1. The molecule has 2 unspecified atom stereocenters. The zero-order chi connectivity index (χ0) is 16.8. The monoisotopic (exact) mass is 373 g/mol. The smallest absolute Gasteiger partial charge is 0.243 e. The average molecular weight is 374 g/mol. The summed E-state index contributed by atoms with van der Waals surface area (Å²) in [6.07, 6.45) is 0.691. The van der Waals surface area contributed by atoms with Crippen LogP contribution in [-0.4, -0.2) is 50.3 Å². The Kier molecular flexibility index (Phi) is 5.59. The number of halogens is 1. The highest BCUT2D eigenvalue weighted by atomic mass is 35.5. The van der Waals surface area contributed by atoms with Crippen molar-refractivity contribution >= 4 is 34.0 Å². The number of hydrogen-bond acceptors (Lipinski definition) is 4. The van der Waals surface area contributed by atoms with Gasteiger partial charge in [-0.25, -0.2) is 8.42 Å². The number of rotatable bonds is 2. The fourth-order valence-electron chi connectivity index (χ4n) is 3.51. The fourth-order valence-corrected chi connectivity index (χ4v) is 5.09. The van der Waals surface area contributed by atoms with Gasteiger partial charge < -0.3 is 10.2 Å². The lowest BCUT2D eigenvalue weighted by atomic mass is 10.1.